The normalized spacial score (nSPS) is 22.8. The van der Waals surface area contributed by atoms with Gasteiger partial charge in [-0.25, -0.2) is 0 Å². The van der Waals surface area contributed by atoms with Crippen molar-refractivity contribution in [2.45, 2.75) is 20.3 Å². The van der Waals surface area contributed by atoms with Crippen LogP contribution in [0, 0.1) is 5.41 Å². The second-order valence-corrected chi connectivity index (χ2v) is 5.08. The van der Waals surface area contributed by atoms with Crippen LogP contribution in [0.3, 0.4) is 0 Å². The molecule has 1 aliphatic heterocycles. The van der Waals surface area contributed by atoms with Gasteiger partial charge in [0.05, 0.1) is 5.41 Å². The minimum absolute atomic E-state index is 0.000145. The van der Waals surface area contributed by atoms with Crippen LogP contribution in [-0.4, -0.2) is 24.8 Å². The fourth-order valence-electron chi connectivity index (χ4n) is 2.11. The van der Waals surface area contributed by atoms with E-state index in [0.29, 0.717) is 17.8 Å². The molecule has 0 aromatic heterocycles. The number of nitrogens with one attached hydrogen (secondary N) is 2. The summed E-state index contributed by atoms with van der Waals surface area (Å²) in [7, 11) is 0. The van der Waals surface area contributed by atoms with Crippen LogP contribution in [0.15, 0.2) is 24.3 Å². The molecule has 1 heterocycles. The summed E-state index contributed by atoms with van der Waals surface area (Å²) in [5, 5.41) is 6.08. The predicted molar refractivity (Wildman–Crippen MR) is 70.7 cm³/mol. The van der Waals surface area contributed by atoms with Crippen molar-refractivity contribution in [3.05, 3.63) is 29.8 Å². The molecule has 0 saturated carbocycles. The smallest absolute Gasteiger partial charge is 0.231 e. The number of carbonyl (C=O) groups is 2. The van der Waals surface area contributed by atoms with E-state index in [1.54, 1.807) is 24.3 Å². The zero-order chi connectivity index (χ0) is 13.2. The Morgan fingerprint density at radius 3 is 2.78 bits per heavy atom. The largest absolute Gasteiger partial charge is 0.326 e. The average molecular weight is 246 g/mol. The van der Waals surface area contributed by atoms with Gasteiger partial charge in [0.15, 0.2) is 5.78 Å². The molecule has 4 nitrogen and oxygen atoms in total. The van der Waals surface area contributed by atoms with Crippen molar-refractivity contribution in [1.82, 2.24) is 5.32 Å². The maximum Gasteiger partial charge on any atom is 0.231 e. The summed E-state index contributed by atoms with van der Waals surface area (Å²) >= 11 is 0. The molecule has 1 aromatic carbocycles. The van der Waals surface area contributed by atoms with Crippen molar-refractivity contribution in [3.8, 4) is 0 Å². The van der Waals surface area contributed by atoms with Crippen molar-refractivity contribution in [2.24, 2.45) is 5.41 Å². The maximum absolute atomic E-state index is 12.2. The van der Waals surface area contributed by atoms with Crippen molar-refractivity contribution in [2.75, 3.05) is 18.4 Å². The Morgan fingerprint density at radius 2 is 2.17 bits per heavy atom. The lowest BCUT2D eigenvalue weighted by Crippen LogP contribution is -2.35. The Bertz CT molecular complexity index is 476. The molecular weight excluding hydrogens is 228 g/mol. The number of benzene rings is 1. The van der Waals surface area contributed by atoms with E-state index in [9.17, 15) is 9.59 Å². The molecule has 1 unspecified atom stereocenters. The van der Waals surface area contributed by atoms with Crippen LogP contribution in [0.4, 0.5) is 5.69 Å². The molecule has 2 rings (SSSR count). The van der Waals surface area contributed by atoms with Crippen LogP contribution in [0.2, 0.25) is 0 Å². The van der Waals surface area contributed by atoms with Gasteiger partial charge < -0.3 is 10.6 Å². The summed E-state index contributed by atoms with van der Waals surface area (Å²) in [6, 6.07) is 7.04. The highest BCUT2D eigenvalue weighted by Crippen LogP contribution is 2.26. The van der Waals surface area contributed by atoms with Gasteiger partial charge in [-0.1, -0.05) is 12.1 Å². The first-order valence-electron chi connectivity index (χ1n) is 6.14. The van der Waals surface area contributed by atoms with Gasteiger partial charge in [0.25, 0.3) is 0 Å². The van der Waals surface area contributed by atoms with Crippen molar-refractivity contribution >= 4 is 17.4 Å². The van der Waals surface area contributed by atoms with E-state index in [2.05, 4.69) is 10.6 Å². The monoisotopic (exact) mass is 246 g/mol. The highest BCUT2D eigenvalue weighted by Gasteiger charge is 2.36. The van der Waals surface area contributed by atoms with Crippen molar-refractivity contribution < 1.29 is 9.59 Å². The van der Waals surface area contributed by atoms with E-state index in [4.69, 9.17) is 0 Å². The van der Waals surface area contributed by atoms with E-state index in [1.807, 2.05) is 6.92 Å². The highest BCUT2D eigenvalue weighted by atomic mass is 16.2. The van der Waals surface area contributed by atoms with Gasteiger partial charge in [0, 0.05) is 17.8 Å². The van der Waals surface area contributed by atoms with Crippen molar-refractivity contribution in [1.29, 1.82) is 0 Å². The molecule has 1 saturated heterocycles. The summed E-state index contributed by atoms with van der Waals surface area (Å²) in [6.45, 7) is 5.04. The Labute approximate surface area is 107 Å². The first kappa shape index (κ1) is 12.8. The van der Waals surface area contributed by atoms with E-state index >= 15 is 0 Å². The summed E-state index contributed by atoms with van der Waals surface area (Å²) < 4.78 is 0. The van der Waals surface area contributed by atoms with Crippen molar-refractivity contribution in [3.63, 3.8) is 0 Å². The SMILES string of the molecule is CC(=O)c1cccc(NC(=O)C2(C)CCNC2)c1. The number of carbonyl (C=O) groups excluding carboxylic acids is 2. The number of anilines is 1. The molecule has 0 spiro atoms. The number of hydrogen-bond donors (Lipinski definition) is 2. The fraction of sp³-hybridized carbons (Fsp3) is 0.429. The zero-order valence-electron chi connectivity index (χ0n) is 10.7. The minimum Gasteiger partial charge on any atom is -0.326 e. The molecule has 96 valence electrons. The summed E-state index contributed by atoms with van der Waals surface area (Å²) in [5.74, 6) is 0.00745. The molecule has 1 amide bonds. The zero-order valence-corrected chi connectivity index (χ0v) is 10.7. The van der Waals surface area contributed by atoms with Crippen LogP contribution in [-0.2, 0) is 4.79 Å². The molecular formula is C14H18N2O2. The Kier molecular flexibility index (Phi) is 3.48. The minimum atomic E-state index is -0.355. The quantitative estimate of drug-likeness (QED) is 0.800. The van der Waals surface area contributed by atoms with E-state index in [1.165, 1.54) is 6.92 Å². The second kappa shape index (κ2) is 4.90. The fourth-order valence-corrected chi connectivity index (χ4v) is 2.11. The van der Waals surface area contributed by atoms with Crippen LogP contribution < -0.4 is 10.6 Å². The number of rotatable bonds is 3. The van der Waals surface area contributed by atoms with Gasteiger partial charge in [-0.3, -0.25) is 9.59 Å². The molecule has 1 aromatic rings. The standard InChI is InChI=1S/C14H18N2O2/c1-10(17)11-4-3-5-12(8-11)16-13(18)14(2)6-7-15-9-14/h3-5,8,15H,6-7,9H2,1-2H3,(H,16,18). The number of Topliss-reactive ketones (excluding diaryl/α,β-unsaturated/α-hetero) is 1. The number of ketones is 1. The van der Waals surface area contributed by atoms with Gasteiger partial charge in [-0.05, 0) is 38.9 Å². The lowest BCUT2D eigenvalue weighted by atomic mass is 9.88. The molecule has 0 aliphatic carbocycles. The molecule has 0 radical (unpaired) electrons. The first-order valence-corrected chi connectivity index (χ1v) is 6.14. The van der Waals surface area contributed by atoms with Gasteiger partial charge in [0.1, 0.15) is 0 Å². The number of amides is 1. The summed E-state index contributed by atoms with van der Waals surface area (Å²) in [6.07, 6.45) is 0.839. The molecule has 0 bridgehead atoms. The number of hydrogen-bond acceptors (Lipinski definition) is 3. The first-order chi connectivity index (χ1) is 8.51. The van der Waals surface area contributed by atoms with Gasteiger partial charge in [0.2, 0.25) is 5.91 Å². The van der Waals surface area contributed by atoms with Gasteiger partial charge in [-0.2, -0.15) is 0 Å². The van der Waals surface area contributed by atoms with Gasteiger partial charge >= 0.3 is 0 Å². The Balaban J connectivity index is 2.11. The third-order valence-corrected chi connectivity index (χ3v) is 3.44. The Hall–Kier alpha value is -1.68. The van der Waals surface area contributed by atoms with Crippen LogP contribution >= 0.6 is 0 Å². The maximum atomic E-state index is 12.2. The van der Waals surface area contributed by atoms with Crippen LogP contribution in [0.1, 0.15) is 30.6 Å². The molecule has 18 heavy (non-hydrogen) atoms. The Morgan fingerprint density at radius 1 is 1.39 bits per heavy atom. The third-order valence-electron chi connectivity index (χ3n) is 3.44. The van der Waals surface area contributed by atoms with E-state index in [-0.39, 0.29) is 17.1 Å². The third kappa shape index (κ3) is 2.59. The highest BCUT2D eigenvalue weighted by molar-refractivity contribution is 5.98. The topological polar surface area (TPSA) is 58.2 Å². The summed E-state index contributed by atoms with van der Waals surface area (Å²) in [4.78, 5) is 23.5. The van der Waals surface area contributed by atoms with E-state index in [0.717, 1.165) is 13.0 Å². The lowest BCUT2D eigenvalue weighted by Gasteiger charge is -2.21. The van der Waals surface area contributed by atoms with Crippen LogP contribution in [0.25, 0.3) is 0 Å². The predicted octanol–water partition coefficient (Wildman–Crippen LogP) is 1.83. The van der Waals surface area contributed by atoms with Crippen LogP contribution in [0.5, 0.6) is 0 Å². The lowest BCUT2D eigenvalue weighted by molar-refractivity contribution is -0.123. The average Bonchev–Trinajstić information content (AvgIpc) is 2.78. The molecule has 1 aliphatic rings. The molecule has 1 atom stereocenters. The molecule has 1 fully saturated rings. The van der Waals surface area contributed by atoms with E-state index < -0.39 is 0 Å². The second-order valence-electron chi connectivity index (χ2n) is 5.08. The van der Waals surface area contributed by atoms with Gasteiger partial charge in [-0.15, -0.1) is 0 Å². The molecule has 4 heteroatoms. The molecule has 2 N–H and O–H groups in total. The summed E-state index contributed by atoms with van der Waals surface area (Å²) in [5.41, 5.74) is 0.940.